The number of carbonyl (C=O) groups excluding carboxylic acids is 2. The van der Waals surface area contributed by atoms with Crippen LogP contribution < -0.4 is 5.32 Å². The maximum Gasteiger partial charge on any atom is 0.417 e. The number of methoxy groups -OCH3 is 1. The molecule has 148 valence electrons. The van der Waals surface area contributed by atoms with Gasteiger partial charge in [0.25, 0.3) is 0 Å². The van der Waals surface area contributed by atoms with Gasteiger partial charge in [-0.3, -0.25) is 9.59 Å². The average molecular weight is 391 g/mol. The number of esters is 1. The summed E-state index contributed by atoms with van der Waals surface area (Å²) in [7, 11) is 1.20. The number of alkyl halides is 3. The predicted molar refractivity (Wildman–Crippen MR) is 99.2 cm³/mol. The van der Waals surface area contributed by atoms with Gasteiger partial charge < -0.3 is 10.1 Å². The van der Waals surface area contributed by atoms with Crippen molar-refractivity contribution in [2.24, 2.45) is 0 Å². The first kappa shape index (κ1) is 21.2. The second-order valence-corrected chi connectivity index (χ2v) is 6.17. The van der Waals surface area contributed by atoms with Crippen LogP contribution in [0.15, 0.2) is 60.7 Å². The third kappa shape index (κ3) is 5.97. The van der Waals surface area contributed by atoms with Crippen LogP contribution in [0, 0.1) is 6.92 Å². The van der Waals surface area contributed by atoms with Crippen molar-refractivity contribution in [1.82, 2.24) is 5.32 Å². The highest BCUT2D eigenvalue weighted by atomic mass is 19.4. The van der Waals surface area contributed by atoms with Crippen molar-refractivity contribution >= 4 is 17.4 Å². The number of allylic oxidation sites excluding steroid dienone is 1. The molecule has 0 bridgehead atoms. The second kappa shape index (κ2) is 9.21. The van der Waals surface area contributed by atoms with E-state index in [1.54, 1.807) is 30.3 Å². The first-order valence-electron chi connectivity index (χ1n) is 8.49. The van der Waals surface area contributed by atoms with E-state index in [4.69, 9.17) is 0 Å². The summed E-state index contributed by atoms with van der Waals surface area (Å²) in [4.78, 5) is 24.0. The normalized spacial score (nSPS) is 13.0. The zero-order chi connectivity index (χ0) is 20.7. The maximum atomic E-state index is 13.4. The van der Waals surface area contributed by atoms with E-state index in [2.05, 4.69) is 10.1 Å². The minimum atomic E-state index is -4.71. The molecule has 4 nitrogen and oxygen atoms in total. The Labute approximate surface area is 161 Å². The van der Waals surface area contributed by atoms with Gasteiger partial charge in [0.15, 0.2) is 0 Å². The number of benzene rings is 2. The Kier molecular flexibility index (Phi) is 6.98. The number of hydrogen-bond acceptors (Lipinski definition) is 3. The van der Waals surface area contributed by atoms with Crippen molar-refractivity contribution in [3.63, 3.8) is 0 Å². The molecular formula is C21H20F3NO3. The number of hydrogen-bond donors (Lipinski definition) is 1. The van der Waals surface area contributed by atoms with Gasteiger partial charge in [-0.15, -0.1) is 0 Å². The molecule has 1 amide bonds. The predicted octanol–water partition coefficient (Wildman–Crippen LogP) is 4.36. The average Bonchev–Trinajstić information content (AvgIpc) is 2.66. The molecule has 0 radical (unpaired) electrons. The van der Waals surface area contributed by atoms with Crippen LogP contribution in [0.2, 0.25) is 0 Å². The van der Waals surface area contributed by atoms with Crippen LogP contribution in [-0.2, 0) is 14.3 Å². The molecule has 0 saturated heterocycles. The Bertz CT molecular complexity index is 843. The van der Waals surface area contributed by atoms with Gasteiger partial charge in [-0.05, 0) is 18.1 Å². The van der Waals surface area contributed by atoms with Crippen molar-refractivity contribution in [1.29, 1.82) is 0 Å². The number of rotatable bonds is 6. The van der Waals surface area contributed by atoms with Crippen LogP contribution in [-0.4, -0.2) is 25.2 Å². The van der Waals surface area contributed by atoms with Crippen LogP contribution in [0.25, 0.3) is 5.57 Å². The van der Waals surface area contributed by atoms with Crippen LogP contribution in [0.4, 0.5) is 13.2 Å². The molecule has 2 aromatic carbocycles. The van der Waals surface area contributed by atoms with Gasteiger partial charge in [0, 0.05) is 6.08 Å². The lowest BCUT2D eigenvalue weighted by atomic mass is 10.0. The number of carbonyl (C=O) groups is 2. The highest BCUT2D eigenvalue weighted by Crippen LogP contribution is 2.33. The number of amides is 1. The van der Waals surface area contributed by atoms with Gasteiger partial charge in [0.1, 0.15) is 0 Å². The molecular weight excluding hydrogens is 371 g/mol. The van der Waals surface area contributed by atoms with E-state index in [0.29, 0.717) is 11.6 Å². The topological polar surface area (TPSA) is 55.4 Å². The van der Waals surface area contributed by atoms with Crippen molar-refractivity contribution in [3.05, 3.63) is 77.4 Å². The quantitative estimate of drug-likeness (QED) is 0.588. The van der Waals surface area contributed by atoms with Gasteiger partial charge in [0.2, 0.25) is 5.91 Å². The van der Waals surface area contributed by atoms with E-state index >= 15 is 0 Å². The summed E-state index contributed by atoms with van der Waals surface area (Å²) < 4.78 is 44.9. The third-order valence-electron chi connectivity index (χ3n) is 4.06. The van der Waals surface area contributed by atoms with Crippen LogP contribution in [0.1, 0.15) is 29.2 Å². The first-order valence-corrected chi connectivity index (χ1v) is 8.49. The van der Waals surface area contributed by atoms with E-state index in [9.17, 15) is 22.8 Å². The Morgan fingerprint density at radius 2 is 1.68 bits per heavy atom. The fourth-order valence-corrected chi connectivity index (χ4v) is 2.59. The zero-order valence-electron chi connectivity index (χ0n) is 15.4. The number of aryl methyl sites for hydroxylation is 1. The summed E-state index contributed by atoms with van der Waals surface area (Å²) in [6.07, 6.45) is -4.40. The lowest BCUT2D eigenvalue weighted by molar-refractivity contribution is -0.141. The fourth-order valence-electron chi connectivity index (χ4n) is 2.59. The van der Waals surface area contributed by atoms with E-state index in [1.165, 1.54) is 31.4 Å². The molecule has 1 unspecified atom stereocenters. The molecule has 1 atom stereocenters. The molecule has 0 saturated carbocycles. The highest BCUT2D eigenvalue weighted by Gasteiger charge is 2.35. The van der Waals surface area contributed by atoms with E-state index in [1.807, 2.05) is 6.92 Å². The Morgan fingerprint density at radius 1 is 1.07 bits per heavy atom. The third-order valence-corrected chi connectivity index (χ3v) is 4.06. The molecule has 28 heavy (non-hydrogen) atoms. The summed E-state index contributed by atoms with van der Waals surface area (Å²) in [5.41, 5.74) is 0.373. The highest BCUT2D eigenvalue weighted by molar-refractivity contribution is 5.96. The Balaban J connectivity index is 2.31. The summed E-state index contributed by atoms with van der Waals surface area (Å²) in [5, 5.41) is 2.47. The summed E-state index contributed by atoms with van der Waals surface area (Å²) in [5.74, 6) is -1.54. The van der Waals surface area contributed by atoms with Crippen LogP contribution >= 0.6 is 0 Å². The van der Waals surface area contributed by atoms with Gasteiger partial charge in [0.05, 0.1) is 25.1 Å². The summed E-state index contributed by atoms with van der Waals surface area (Å²) in [6, 6.07) is 13.2. The Morgan fingerprint density at radius 3 is 2.21 bits per heavy atom. The van der Waals surface area contributed by atoms with E-state index < -0.39 is 29.7 Å². The van der Waals surface area contributed by atoms with Crippen LogP contribution in [0.3, 0.4) is 0 Å². The molecule has 1 N–H and O–H groups in total. The zero-order valence-corrected chi connectivity index (χ0v) is 15.4. The molecule has 0 aromatic heterocycles. The lowest BCUT2D eigenvalue weighted by Crippen LogP contribution is -2.30. The molecule has 2 rings (SSSR count). The maximum absolute atomic E-state index is 13.4. The minimum absolute atomic E-state index is 0.120. The molecule has 0 fully saturated rings. The largest absolute Gasteiger partial charge is 0.469 e. The van der Waals surface area contributed by atoms with Crippen molar-refractivity contribution < 1.29 is 27.5 Å². The summed E-state index contributed by atoms with van der Waals surface area (Å²) >= 11 is 0. The van der Waals surface area contributed by atoms with Crippen molar-refractivity contribution in [3.8, 4) is 0 Å². The smallest absolute Gasteiger partial charge is 0.417 e. The monoisotopic (exact) mass is 391 g/mol. The number of halogens is 3. The molecule has 0 aliphatic carbocycles. The standard InChI is InChI=1S/C21H20F3NO3/c1-14-8-10-16(11-9-14)18(13-20(27)28-2)25-19(26)12-17(21(22,23)24)15-6-4-3-5-7-15/h3-12,18H,13H2,1-2H3,(H,25,26)/b17-12-. The molecule has 0 aliphatic heterocycles. The second-order valence-electron chi connectivity index (χ2n) is 6.17. The van der Waals surface area contributed by atoms with E-state index in [0.717, 1.165) is 5.56 Å². The van der Waals surface area contributed by atoms with Gasteiger partial charge in [-0.1, -0.05) is 60.2 Å². The first-order chi connectivity index (χ1) is 13.2. The molecule has 2 aromatic rings. The Hall–Kier alpha value is -3.09. The minimum Gasteiger partial charge on any atom is -0.469 e. The summed E-state index contributed by atoms with van der Waals surface area (Å²) in [6.45, 7) is 1.87. The number of ether oxygens (including phenoxy) is 1. The van der Waals surface area contributed by atoms with Crippen molar-refractivity contribution in [2.75, 3.05) is 7.11 Å². The van der Waals surface area contributed by atoms with Crippen molar-refractivity contribution in [2.45, 2.75) is 25.6 Å². The molecule has 0 aliphatic rings. The fraction of sp³-hybridized carbons (Fsp3) is 0.238. The van der Waals surface area contributed by atoms with Gasteiger partial charge in [-0.2, -0.15) is 13.2 Å². The van der Waals surface area contributed by atoms with Gasteiger partial charge >= 0.3 is 12.1 Å². The molecule has 0 heterocycles. The molecule has 7 heteroatoms. The SMILES string of the molecule is COC(=O)CC(NC(=O)/C=C(/c1ccccc1)C(F)(F)F)c1ccc(C)cc1. The van der Waals surface area contributed by atoms with Crippen LogP contribution in [0.5, 0.6) is 0 Å². The number of nitrogens with one attached hydrogen (secondary N) is 1. The van der Waals surface area contributed by atoms with E-state index in [-0.39, 0.29) is 12.0 Å². The molecule has 0 spiro atoms. The van der Waals surface area contributed by atoms with Gasteiger partial charge in [-0.25, -0.2) is 0 Å². The lowest BCUT2D eigenvalue weighted by Gasteiger charge is -2.18.